The number of rotatable bonds is 3. The number of carbonyl (C=O) groups excluding carboxylic acids is 2. The molecule has 136 valence electrons. The molecule has 0 radical (unpaired) electrons. The first-order chi connectivity index (χ1) is 12.0. The molecule has 0 unspecified atom stereocenters. The summed E-state index contributed by atoms with van der Waals surface area (Å²) in [5, 5.41) is 3.00. The molecule has 25 heavy (non-hydrogen) atoms. The van der Waals surface area contributed by atoms with Gasteiger partial charge >= 0.3 is 12.0 Å². The zero-order chi connectivity index (χ0) is 18.0. The van der Waals surface area contributed by atoms with Crippen LogP contribution in [-0.4, -0.2) is 75.2 Å². The van der Waals surface area contributed by atoms with E-state index < -0.39 is 5.97 Å². The summed E-state index contributed by atoms with van der Waals surface area (Å²) in [6.45, 7) is 3.63. The number of methoxy groups -OCH3 is 1. The van der Waals surface area contributed by atoms with E-state index in [4.69, 9.17) is 4.74 Å². The molecule has 7 heteroatoms. The van der Waals surface area contributed by atoms with Crippen LogP contribution in [0.1, 0.15) is 23.2 Å². The molecule has 0 aliphatic carbocycles. The third-order valence-electron chi connectivity index (χ3n) is 5.02. The van der Waals surface area contributed by atoms with Crippen molar-refractivity contribution in [2.45, 2.75) is 18.9 Å². The highest BCUT2D eigenvalue weighted by Gasteiger charge is 2.32. The standard InChI is InChI=1S/C18H26N4O3/c1-20(2)16-11-13(17(23)25-3)6-7-15(16)19-18(24)22-10-9-21-8-4-5-14(21)12-22/h6-7,11,14H,4-5,8-10,12H2,1-3H3,(H,19,24)/t14-/m0/s1. The molecule has 1 aromatic rings. The number of ether oxygens (including phenoxy) is 1. The third kappa shape index (κ3) is 3.71. The van der Waals surface area contributed by atoms with Gasteiger partial charge in [0.25, 0.3) is 0 Å². The number of amides is 2. The third-order valence-corrected chi connectivity index (χ3v) is 5.02. The summed E-state index contributed by atoms with van der Waals surface area (Å²) in [6.07, 6.45) is 2.39. The predicted molar refractivity (Wildman–Crippen MR) is 97.3 cm³/mol. The van der Waals surface area contributed by atoms with Crippen LogP contribution in [0, 0.1) is 0 Å². The highest BCUT2D eigenvalue weighted by atomic mass is 16.5. The molecule has 1 atom stereocenters. The molecule has 0 spiro atoms. The molecule has 1 aromatic carbocycles. The lowest BCUT2D eigenvalue weighted by Crippen LogP contribution is -2.53. The number of anilines is 2. The zero-order valence-corrected chi connectivity index (χ0v) is 15.1. The fourth-order valence-electron chi connectivity index (χ4n) is 3.62. The Hall–Kier alpha value is -2.28. The van der Waals surface area contributed by atoms with Crippen LogP contribution in [0.25, 0.3) is 0 Å². The Balaban J connectivity index is 1.73. The van der Waals surface area contributed by atoms with E-state index in [1.54, 1.807) is 18.2 Å². The van der Waals surface area contributed by atoms with Crippen LogP contribution in [0.5, 0.6) is 0 Å². The van der Waals surface area contributed by atoms with Crippen molar-refractivity contribution in [3.05, 3.63) is 23.8 Å². The van der Waals surface area contributed by atoms with Gasteiger partial charge < -0.3 is 19.9 Å². The van der Waals surface area contributed by atoms with E-state index in [0.717, 1.165) is 31.9 Å². The van der Waals surface area contributed by atoms with Gasteiger partial charge in [-0.1, -0.05) is 0 Å². The summed E-state index contributed by atoms with van der Waals surface area (Å²) in [5.74, 6) is -0.390. The van der Waals surface area contributed by atoms with Crippen LogP contribution in [0.4, 0.5) is 16.2 Å². The summed E-state index contributed by atoms with van der Waals surface area (Å²) >= 11 is 0. The fourth-order valence-corrected chi connectivity index (χ4v) is 3.62. The van der Waals surface area contributed by atoms with E-state index in [2.05, 4.69) is 10.2 Å². The summed E-state index contributed by atoms with van der Waals surface area (Å²) in [7, 11) is 5.11. The number of nitrogens with one attached hydrogen (secondary N) is 1. The Morgan fingerprint density at radius 1 is 1.24 bits per heavy atom. The molecule has 2 aliphatic rings. The van der Waals surface area contributed by atoms with Gasteiger partial charge in [0.05, 0.1) is 24.0 Å². The minimum atomic E-state index is -0.390. The smallest absolute Gasteiger partial charge is 0.337 e. The second kappa shape index (κ2) is 7.31. The lowest BCUT2D eigenvalue weighted by atomic mass is 10.1. The maximum Gasteiger partial charge on any atom is 0.337 e. The second-order valence-electron chi connectivity index (χ2n) is 6.83. The van der Waals surface area contributed by atoms with Crippen LogP contribution < -0.4 is 10.2 Å². The van der Waals surface area contributed by atoms with Gasteiger partial charge in [0, 0.05) is 39.8 Å². The second-order valence-corrected chi connectivity index (χ2v) is 6.83. The van der Waals surface area contributed by atoms with Crippen molar-refractivity contribution in [3.8, 4) is 0 Å². The molecule has 1 N–H and O–H groups in total. The number of piperazine rings is 1. The lowest BCUT2D eigenvalue weighted by Gasteiger charge is -2.37. The first-order valence-electron chi connectivity index (χ1n) is 8.69. The maximum absolute atomic E-state index is 12.7. The van der Waals surface area contributed by atoms with Crippen molar-refractivity contribution in [1.29, 1.82) is 0 Å². The number of carbonyl (C=O) groups is 2. The summed E-state index contributed by atoms with van der Waals surface area (Å²) in [6, 6.07) is 5.57. The summed E-state index contributed by atoms with van der Waals surface area (Å²) < 4.78 is 4.77. The largest absolute Gasteiger partial charge is 0.465 e. The lowest BCUT2D eigenvalue weighted by molar-refractivity contribution is 0.0601. The molecule has 3 rings (SSSR count). The topological polar surface area (TPSA) is 65.1 Å². The fraction of sp³-hybridized carbons (Fsp3) is 0.556. The zero-order valence-electron chi connectivity index (χ0n) is 15.1. The monoisotopic (exact) mass is 346 g/mol. The number of esters is 1. The van der Waals surface area contributed by atoms with E-state index >= 15 is 0 Å². The van der Waals surface area contributed by atoms with Crippen molar-refractivity contribution in [1.82, 2.24) is 9.80 Å². The number of urea groups is 1. The number of hydrogen-bond donors (Lipinski definition) is 1. The average Bonchev–Trinajstić information content (AvgIpc) is 3.08. The molecule has 2 amide bonds. The Bertz CT molecular complexity index is 662. The van der Waals surface area contributed by atoms with Crippen molar-refractivity contribution < 1.29 is 14.3 Å². The van der Waals surface area contributed by atoms with Crippen LogP contribution >= 0.6 is 0 Å². The van der Waals surface area contributed by atoms with Gasteiger partial charge in [0.1, 0.15) is 0 Å². The quantitative estimate of drug-likeness (QED) is 0.846. The Kier molecular flexibility index (Phi) is 5.13. The maximum atomic E-state index is 12.7. The van der Waals surface area contributed by atoms with Gasteiger partial charge in [0.2, 0.25) is 0 Å². The molecule has 7 nitrogen and oxygen atoms in total. The average molecular weight is 346 g/mol. The minimum Gasteiger partial charge on any atom is -0.465 e. The highest BCUT2D eigenvalue weighted by Crippen LogP contribution is 2.27. The van der Waals surface area contributed by atoms with Gasteiger partial charge in [-0.05, 0) is 37.6 Å². The molecule has 2 aliphatic heterocycles. The Morgan fingerprint density at radius 2 is 2.04 bits per heavy atom. The normalized spacial score (nSPS) is 20.1. The summed E-state index contributed by atoms with van der Waals surface area (Å²) in [4.78, 5) is 30.7. The van der Waals surface area contributed by atoms with Crippen molar-refractivity contribution >= 4 is 23.4 Å². The van der Waals surface area contributed by atoms with E-state index in [0.29, 0.717) is 17.3 Å². The number of hydrogen-bond acceptors (Lipinski definition) is 5. The summed E-state index contributed by atoms with van der Waals surface area (Å²) in [5.41, 5.74) is 1.93. The van der Waals surface area contributed by atoms with Crippen LogP contribution in [0.15, 0.2) is 18.2 Å². The van der Waals surface area contributed by atoms with Gasteiger partial charge in [-0.15, -0.1) is 0 Å². The van der Waals surface area contributed by atoms with E-state index in [-0.39, 0.29) is 6.03 Å². The van der Waals surface area contributed by atoms with Gasteiger partial charge in [-0.2, -0.15) is 0 Å². The van der Waals surface area contributed by atoms with Gasteiger partial charge in [-0.3, -0.25) is 4.90 Å². The Labute approximate surface area is 148 Å². The number of nitrogens with zero attached hydrogens (tertiary/aromatic N) is 3. The van der Waals surface area contributed by atoms with Gasteiger partial charge in [-0.25, -0.2) is 9.59 Å². The van der Waals surface area contributed by atoms with Crippen LogP contribution in [-0.2, 0) is 4.74 Å². The van der Waals surface area contributed by atoms with Crippen molar-refractivity contribution in [2.75, 3.05) is 57.6 Å². The van der Waals surface area contributed by atoms with E-state index in [9.17, 15) is 9.59 Å². The predicted octanol–water partition coefficient (Wildman–Crippen LogP) is 1.85. The van der Waals surface area contributed by atoms with Crippen LogP contribution in [0.3, 0.4) is 0 Å². The molecule has 2 heterocycles. The molecule has 2 saturated heterocycles. The van der Waals surface area contributed by atoms with Crippen LogP contribution in [0.2, 0.25) is 0 Å². The number of fused-ring (bicyclic) bond motifs is 1. The van der Waals surface area contributed by atoms with Crippen molar-refractivity contribution in [3.63, 3.8) is 0 Å². The molecule has 0 bridgehead atoms. The first-order valence-corrected chi connectivity index (χ1v) is 8.69. The van der Waals surface area contributed by atoms with E-state index in [1.165, 1.54) is 20.0 Å². The highest BCUT2D eigenvalue weighted by molar-refractivity contribution is 5.97. The first kappa shape index (κ1) is 17.5. The van der Waals surface area contributed by atoms with Gasteiger partial charge in [0.15, 0.2) is 0 Å². The molecule has 2 fully saturated rings. The Morgan fingerprint density at radius 3 is 2.76 bits per heavy atom. The molecule has 0 saturated carbocycles. The minimum absolute atomic E-state index is 0.0829. The van der Waals surface area contributed by atoms with E-state index in [1.807, 2.05) is 23.9 Å². The molecular weight excluding hydrogens is 320 g/mol. The molecular formula is C18H26N4O3. The SMILES string of the molecule is COC(=O)c1ccc(NC(=O)N2CCN3CCC[C@H]3C2)c(N(C)C)c1. The van der Waals surface area contributed by atoms with Crippen molar-refractivity contribution in [2.24, 2.45) is 0 Å². The number of benzene rings is 1. The molecule has 0 aromatic heterocycles.